The summed E-state index contributed by atoms with van der Waals surface area (Å²) in [5, 5.41) is 0.455. The maximum Gasteiger partial charge on any atom is 0.336 e. The van der Waals surface area contributed by atoms with Crippen molar-refractivity contribution in [3.05, 3.63) is 58.8 Å². The second-order valence-corrected chi connectivity index (χ2v) is 6.36. The number of halogens is 1. The number of hydrogen-bond donors (Lipinski definition) is 0. The molecule has 0 fully saturated rings. The van der Waals surface area contributed by atoms with Gasteiger partial charge in [-0.15, -0.1) is 0 Å². The largest absolute Gasteiger partial charge is 0.465 e. The zero-order chi connectivity index (χ0) is 20.0. The standard InChI is InChI=1S/C20H22ClNO5/c1-4-10-27-20(25)19-13(3)22(12-18(24)26-5-2)17(23)11-15(19)14-8-6-7-9-16(14)21/h4,6-9,15H,1,5,10-12H2,2-3H3. The van der Waals surface area contributed by atoms with Crippen LogP contribution in [0.2, 0.25) is 5.02 Å². The summed E-state index contributed by atoms with van der Waals surface area (Å²) in [5.74, 6) is -1.95. The Hall–Kier alpha value is -2.60. The number of carbonyl (C=O) groups is 3. The first kappa shape index (κ1) is 20.7. The first-order valence-electron chi connectivity index (χ1n) is 8.59. The Labute approximate surface area is 163 Å². The van der Waals surface area contributed by atoms with Crippen molar-refractivity contribution >= 4 is 29.4 Å². The normalized spacial score (nSPS) is 16.9. The van der Waals surface area contributed by atoms with Crippen LogP contribution in [-0.4, -0.2) is 42.5 Å². The van der Waals surface area contributed by atoms with E-state index in [0.29, 0.717) is 21.9 Å². The molecule has 0 spiro atoms. The fourth-order valence-electron chi connectivity index (χ4n) is 3.04. The van der Waals surface area contributed by atoms with E-state index in [1.54, 1.807) is 38.1 Å². The molecule has 0 saturated heterocycles. The van der Waals surface area contributed by atoms with Crippen LogP contribution in [0.25, 0.3) is 0 Å². The highest BCUT2D eigenvalue weighted by atomic mass is 35.5. The van der Waals surface area contributed by atoms with E-state index >= 15 is 0 Å². The Morgan fingerprint density at radius 3 is 2.67 bits per heavy atom. The number of benzene rings is 1. The maximum absolute atomic E-state index is 12.7. The van der Waals surface area contributed by atoms with Crippen LogP contribution in [0.4, 0.5) is 0 Å². The van der Waals surface area contributed by atoms with Crippen LogP contribution in [0.1, 0.15) is 31.7 Å². The third-order valence-electron chi connectivity index (χ3n) is 4.25. The lowest BCUT2D eigenvalue weighted by Crippen LogP contribution is -2.41. The van der Waals surface area contributed by atoms with E-state index in [9.17, 15) is 14.4 Å². The summed E-state index contributed by atoms with van der Waals surface area (Å²) in [4.78, 5) is 38.5. The van der Waals surface area contributed by atoms with Crippen molar-refractivity contribution in [1.29, 1.82) is 0 Å². The molecule has 0 aromatic heterocycles. The Morgan fingerprint density at radius 2 is 2.04 bits per heavy atom. The van der Waals surface area contributed by atoms with Gasteiger partial charge in [-0.1, -0.05) is 42.5 Å². The summed E-state index contributed by atoms with van der Waals surface area (Å²) in [5.41, 5.74) is 1.32. The van der Waals surface area contributed by atoms with Gasteiger partial charge in [-0.25, -0.2) is 4.79 Å². The van der Waals surface area contributed by atoms with Gasteiger partial charge in [0.1, 0.15) is 13.2 Å². The number of ether oxygens (including phenoxy) is 2. The lowest BCUT2D eigenvalue weighted by atomic mass is 9.83. The zero-order valence-electron chi connectivity index (χ0n) is 15.4. The quantitative estimate of drug-likeness (QED) is 0.527. The highest BCUT2D eigenvalue weighted by Gasteiger charge is 2.38. The van der Waals surface area contributed by atoms with Gasteiger partial charge >= 0.3 is 11.9 Å². The lowest BCUT2D eigenvalue weighted by Gasteiger charge is -2.34. The van der Waals surface area contributed by atoms with Crippen molar-refractivity contribution in [2.45, 2.75) is 26.2 Å². The molecular weight excluding hydrogens is 370 g/mol. The second kappa shape index (κ2) is 9.37. The van der Waals surface area contributed by atoms with Gasteiger partial charge in [0.05, 0.1) is 12.2 Å². The van der Waals surface area contributed by atoms with Crippen LogP contribution in [0.3, 0.4) is 0 Å². The molecule has 1 aliphatic heterocycles. The van der Waals surface area contributed by atoms with Gasteiger partial charge in [0.25, 0.3) is 0 Å². The van der Waals surface area contributed by atoms with Crippen molar-refractivity contribution in [2.75, 3.05) is 19.8 Å². The average Bonchev–Trinajstić information content (AvgIpc) is 2.63. The average molecular weight is 392 g/mol. The molecule has 1 aromatic rings. The first-order valence-corrected chi connectivity index (χ1v) is 8.97. The molecule has 0 saturated carbocycles. The molecule has 0 aliphatic carbocycles. The van der Waals surface area contributed by atoms with Gasteiger partial charge in [-0.3, -0.25) is 9.59 Å². The van der Waals surface area contributed by atoms with Crippen LogP contribution in [0.15, 0.2) is 48.2 Å². The third-order valence-corrected chi connectivity index (χ3v) is 4.59. The van der Waals surface area contributed by atoms with E-state index in [0.717, 1.165) is 0 Å². The van der Waals surface area contributed by atoms with Gasteiger partial charge in [0.15, 0.2) is 0 Å². The van der Waals surface area contributed by atoms with E-state index in [4.69, 9.17) is 21.1 Å². The minimum Gasteiger partial charge on any atom is -0.465 e. The van der Waals surface area contributed by atoms with E-state index < -0.39 is 17.9 Å². The number of allylic oxidation sites excluding steroid dienone is 1. The minimum absolute atomic E-state index is 0.000991. The summed E-state index contributed by atoms with van der Waals surface area (Å²) >= 11 is 6.30. The predicted octanol–water partition coefficient (Wildman–Crippen LogP) is 3.22. The molecule has 1 amide bonds. The Balaban J connectivity index is 2.48. The van der Waals surface area contributed by atoms with Crippen LogP contribution in [-0.2, 0) is 23.9 Å². The van der Waals surface area contributed by atoms with Gasteiger partial charge in [-0.2, -0.15) is 0 Å². The minimum atomic E-state index is -0.571. The molecular formula is C20H22ClNO5. The Bertz CT molecular complexity index is 786. The maximum atomic E-state index is 12.7. The number of rotatable bonds is 7. The van der Waals surface area contributed by atoms with Crippen molar-refractivity contribution in [1.82, 2.24) is 4.90 Å². The van der Waals surface area contributed by atoms with Gasteiger partial charge < -0.3 is 14.4 Å². The van der Waals surface area contributed by atoms with Gasteiger partial charge in [0, 0.05) is 23.1 Å². The predicted molar refractivity (Wildman–Crippen MR) is 101 cm³/mol. The van der Waals surface area contributed by atoms with Gasteiger partial charge in [0.2, 0.25) is 5.91 Å². The zero-order valence-corrected chi connectivity index (χ0v) is 16.1. The van der Waals surface area contributed by atoms with E-state index in [1.807, 2.05) is 0 Å². The van der Waals surface area contributed by atoms with Crippen LogP contribution in [0, 0.1) is 0 Å². The molecule has 0 N–H and O–H groups in total. The van der Waals surface area contributed by atoms with Crippen molar-refractivity contribution in [3.63, 3.8) is 0 Å². The van der Waals surface area contributed by atoms with Gasteiger partial charge in [-0.05, 0) is 25.5 Å². The smallest absolute Gasteiger partial charge is 0.336 e. The van der Waals surface area contributed by atoms with Crippen LogP contribution < -0.4 is 0 Å². The number of hydrogen-bond acceptors (Lipinski definition) is 5. The molecule has 1 atom stereocenters. The number of nitrogens with zero attached hydrogens (tertiary/aromatic N) is 1. The molecule has 6 nitrogen and oxygen atoms in total. The fourth-order valence-corrected chi connectivity index (χ4v) is 3.31. The summed E-state index contributed by atoms with van der Waals surface area (Å²) in [7, 11) is 0. The van der Waals surface area contributed by atoms with Crippen LogP contribution in [0.5, 0.6) is 0 Å². The summed E-state index contributed by atoms with van der Waals surface area (Å²) < 4.78 is 10.1. The molecule has 0 bridgehead atoms. The van der Waals surface area contributed by atoms with E-state index in [2.05, 4.69) is 6.58 Å². The Kier molecular flexibility index (Phi) is 7.19. The first-order chi connectivity index (χ1) is 12.9. The molecule has 1 aromatic carbocycles. The molecule has 1 aliphatic rings. The van der Waals surface area contributed by atoms with E-state index in [-0.39, 0.29) is 32.1 Å². The van der Waals surface area contributed by atoms with Crippen molar-refractivity contribution < 1.29 is 23.9 Å². The molecule has 144 valence electrons. The van der Waals surface area contributed by atoms with E-state index in [1.165, 1.54) is 11.0 Å². The molecule has 1 heterocycles. The SMILES string of the molecule is C=CCOC(=O)C1=C(C)N(CC(=O)OCC)C(=O)CC1c1ccccc1Cl. The summed E-state index contributed by atoms with van der Waals surface area (Å²) in [6.45, 7) is 6.82. The second-order valence-electron chi connectivity index (χ2n) is 5.95. The molecule has 1 unspecified atom stereocenters. The topological polar surface area (TPSA) is 72.9 Å². The highest BCUT2D eigenvalue weighted by Crippen LogP contribution is 2.39. The molecule has 27 heavy (non-hydrogen) atoms. The monoisotopic (exact) mass is 391 g/mol. The van der Waals surface area contributed by atoms with Crippen molar-refractivity contribution in [2.24, 2.45) is 0 Å². The Morgan fingerprint density at radius 1 is 1.33 bits per heavy atom. The lowest BCUT2D eigenvalue weighted by molar-refractivity contribution is -0.149. The summed E-state index contributed by atoms with van der Waals surface area (Å²) in [6, 6.07) is 7.04. The fraction of sp³-hybridized carbons (Fsp3) is 0.350. The summed E-state index contributed by atoms with van der Waals surface area (Å²) in [6.07, 6.45) is 1.46. The number of carbonyl (C=O) groups excluding carboxylic acids is 3. The van der Waals surface area contributed by atoms with Crippen LogP contribution >= 0.6 is 11.6 Å². The number of amides is 1. The molecule has 2 rings (SSSR count). The van der Waals surface area contributed by atoms with Crippen molar-refractivity contribution in [3.8, 4) is 0 Å². The molecule has 7 heteroatoms. The highest BCUT2D eigenvalue weighted by molar-refractivity contribution is 6.31. The third kappa shape index (κ3) is 4.77. The number of esters is 2. The molecule has 0 radical (unpaired) electrons.